The zero-order valence-corrected chi connectivity index (χ0v) is 17.8. The number of H-pyrrole nitrogens is 1. The Bertz CT molecular complexity index is 1300. The Morgan fingerprint density at radius 3 is 2.97 bits per heavy atom. The number of anilines is 1. The van der Waals surface area contributed by atoms with Crippen LogP contribution in [0, 0.1) is 0 Å². The van der Waals surface area contributed by atoms with E-state index in [1.54, 1.807) is 5.38 Å². The summed E-state index contributed by atoms with van der Waals surface area (Å²) in [5.74, 6) is -0.556. The van der Waals surface area contributed by atoms with Crippen LogP contribution in [-0.4, -0.2) is 37.1 Å². The van der Waals surface area contributed by atoms with E-state index in [1.807, 2.05) is 18.5 Å². The first kappa shape index (κ1) is 20.7. The van der Waals surface area contributed by atoms with Crippen LogP contribution in [0.1, 0.15) is 32.1 Å². The Labute approximate surface area is 184 Å². The summed E-state index contributed by atoms with van der Waals surface area (Å²) in [6.07, 6.45) is -0.111. The molecule has 4 aromatic rings. The molecule has 32 heavy (non-hydrogen) atoms. The number of carbonyl (C=O) groups excluding carboxylic acids is 1. The van der Waals surface area contributed by atoms with Crippen LogP contribution < -0.4 is 5.32 Å². The molecule has 0 bridgehead atoms. The molecule has 0 aliphatic carbocycles. The summed E-state index contributed by atoms with van der Waals surface area (Å²) in [5, 5.41) is 9.11. The molecule has 0 saturated heterocycles. The number of rotatable bonds is 4. The van der Waals surface area contributed by atoms with Gasteiger partial charge in [-0.25, -0.2) is 4.98 Å². The highest BCUT2D eigenvalue weighted by Gasteiger charge is 2.35. The van der Waals surface area contributed by atoms with E-state index < -0.39 is 17.8 Å². The fraction of sp³-hybridized carbons (Fsp3) is 0.286. The van der Waals surface area contributed by atoms with Gasteiger partial charge in [-0.3, -0.25) is 14.4 Å². The summed E-state index contributed by atoms with van der Waals surface area (Å²) in [5.41, 5.74) is 2.52. The highest BCUT2D eigenvalue weighted by atomic mass is 32.1. The monoisotopic (exact) mass is 460 g/mol. The Hall–Kier alpha value is -3.18. The van der Waals surface area contributed by atoms with Gasteiger partial charge in [-0.2, -0.15) is 18.3 Å². The third-order valence-electron chi connectivity index (χ3n) is 5.55. The number of hydrogen-bond donors (Lipinski definition) is 2. The van der Waals surface area contributed by atoms with Crippen molar-refractivity contribution in [1.29, 1.82) is 0 Å². The Balaban J connectivity index is 1.28. The van der Waals surface area contributed by atoms with Crippen LogP contribution in [0.5, 0.6) is 0 Å². The predicted octanol–water partition coefficient (Wildman–Crippen LogP) is 4.19. The lowest BCUT2D eigenvalue weighted by molar-refractivity contribution is -0.143. The number of carbonyl (C=O) groups is 1. The molecule has 5 rings (SSSR count). The van der Waals surface area contributed by atoms with E-state index in [2.05, 4.69) is 31.3 Å². The van der Waals surface area contributed by atoms with Gasteiger partial charge in [-0.1, -0.05) is 0 Å². The van der Waals surface area contributed by atoms with Gasteiger partial charge >= 0.3 is 6.18 Å². The highest BCUT2D eigenvalue weighted by Crippen LogP contribution is 2.32. The van der Waals surface area contributed by atoms with Crippen molar-refractivity contribution >= 4 is 34.1 Å². The Morgan fingerprint density at radius 2 is 2.19 bits per heavy atom. The molecule has 1 aliphatic rings. The van der Waals surface area contributed by atoms with Gasteiger partial charge in [0, 0.05) is 60.8 Å². The normalized spacial score (nSPS) is 14.6. The number of hydrogen-bond acceptors (Lipinski definition) is 5. The van der Waals surface area contributed by atoms with Crippen molar-refractivity contribution in [3.05, 3.63) is 63.2 Å². The SMILES string of the molecule is Cn1nc(NC(=O)c2csc3c2CCN(Cc2cnc4[nH]ccc4c2)C3)cc1C(F)(F)F. The number of alkyl halides is 3. The number of thiophene rings is 1. The van der Waals surface area contributed by atoms with Gasteiger partial charge in [-0.05, 0) is 29.7 Å². The number of fused-ring (bicyclic) bond motifs is 2. The van der Waals surface area contributed by atoms with Gasteiger partial charge in [0.05, 0.1) is 5.56 Å². The summed E-state index contributed by atoms with van der Waals surface area (Å²) in [6.45, 7) is 2.23. The molecule has 1 amide bonds. The van der Waals surface area contributed by atoms with Gasteiger partial charge in [0.25, 0.3) is 5.91 Å². The smallest absolute Gasteiger partial charge is 0.346 e. The van der Waals surface area contributed by atoms with Crippen molar-refractivity contribution in [2.75, 3.05) is 11.9 Å². The molecule has 0 unspecified atom stereocenters. The molecule has 0 spiro atoms. The predicted molar refractivity (Wildman–Crippen MR) is 114 cm³/mol. The third kappa shape index (κ3) is 3.89. The van der Waals surface area contributed by atoms with Crippen LogP contribution in [0.2, 0.25) is 0 Å². The number of pyridine rings is 1. The van der Waals surface area contributed by atoms with Crippen LogP contribution in [0.25, 0.3) is 11.0 Å². The number of amides is 1. The summed E-state index contributed by atoms with van der Waals surface area (Å²) in [6, 6.07) is 4.95. The minimum absolute atomic E-state index is 0.116. The van der Waals surface area contributed by atoms with E-state index in [0.717, 1.165) is 50.9 Å². The molecule has 166 valence electrons. The van der Waals surface area contributed by atoms with Crippen molar-refractivity contribution < 1.29 is 18.0 Å². The van der Waals surface area contributed by atoms with Crippen molar-refractivity contribution in [1.82, 2.24) is 24.6 Å². The van der Waals surface area contributed by atoms with E-state index in [-0.39, 0.29) is 5.82 Å². The largest absolute Gasteiger partial charge is 0.433 e. The zero-order valence-electron chi connectivity index (χ0n) is 17.0. The number of nitrogens with one attached hydrogen (secondary N) is 2. The quantitative estimate of drug-likeness (QED) is 0.479. The average Bonchev–Trinajstić information content (AvgIpc) is 3.44. The van der Waals surface area contributed by atoms with Gasteiger partial charge in [0.15, 0.2) is 5.82 Å². The molecular weight excluding hydrogens is 441 g/mol. The summed E-state index contributed by atoms with van der Waals surface area (Å²) >= 11 is 1.49. The lowest BCUT2D eigenvalue weighted by Gasteiger charge is -2.27. The fourth-order valence-electron chi connectivity index (χ4n) is 4.01. The standard InChI is InChI=1S/C21H19F3N6OS/c1-29-17(21(22,23)24)7-18(28-29)27-20(31)15-11-32-16-10-30(5-3-14(15)16)9-12-6-13-2-4-25-19(13)26-8-12/h2,4,6-8,11H,3,5,9-10H2,1H3,(H,25,26)(H,27,28,31). The Morgan fingerprint density at radius 1 is 1.34 bits per heavy atom. The lowest BCUT2D eigenvalue weighted by Crippen LogP contribution is -2.30. The first-order chi connectivity index (χ1) is 15.3. The van der Waals surface area contributed by atoms with E-state index in [0.29, 0.717) is 18.5 Å². The van der Waals surface area contributed by atoms with Crippen molar-refractivity contribution in [3.8, 4) is 0 Å². The molecule has 5 heterocycles. The summed E-state index contributed by atoms with van der Waals surface area (Å²) < 4.78 is 39.6. The van der Waals surface area contributed by atoms with Crippen LogP contribution in [0.3, 0.4) is 0 Å². The summed E-state index contributed by atoms with van der Waals surface area (Å²) in [4.78, 5) is 23.6. The zero-order chi connectivity index (χ0) is 22.5. The molecule has 0 aromatic carbocycles. The molecule has 11 heteroatoms. The van der Waals surface area contributed by atoms with Gasteiger partial charge in [0.2, 0.25) is 0 Å². The van der Waals surface area contributed by atoms with Crippen molar-refractivity contribution in [2.45, 2.75) is 25.7 Å². The van der Waals surface area contributed by atoms with E-state index in [4.69, 9.17) is 0 Å². The van der Waals surface area contributed by atoms with E-state index >= 15 is 0 Å². The first-order valence-electron chi connectivity index (χ1n) is 9.94. The second-order valence-electron chi connectivity index (χ2n) is 7.76. The minimum atomic E-state index is -4.53. The topological polar surface area (TPSA) is 78.8 Å². The summed E-state index contributed by atoms with van der Waals surface area (Å²) in [7, 11) is 1.20. The average molecular weight is 460 g/mol. The second-order valence-corrected chi connectivity index (χ2v) is 8.73. The lowest BCUT2D eigenvalue weighted by atomic mass is 10.0. The minimum Gasteiger partial charge on any atom is -0.346 e. The number of aromatic nitrogens is 4. The molecule has 1 aliphatic heterocycles. The molecular formula is C21H19F3N6OS. The number of halogens is 3. The molecule has 7 nitrogen and oxygen atoms in total. The molecule has 2 N–H and O–H groups in total. The van der Waals surface area contributed by atoms with Gasteiger partial charge in [-0.15, -0.1) is 11.3 Å². The van der Waals surface area contributed by atoms with Gasteiger partial charge in [0.1, 0.15) is 11.3 Å². The molecule has 4 aromatic heterocycles. The number of aryl methyl sites for hydroxylation is 1. The van der Waals surface area contributed by atoms with Gasteiger partial charge < -0.3 is 10.3 Å². The Kier molecular flexibility index (Phi) is 5.01. The van der Waals surface area contributed by atoms with Crippen LogP contribution in [0.15, 0.2) is 36.0 Å². The van der Waals surface area contributed by atoms with Crippen molar-refractivity contribution in [2.24, 2.45) is 7.05 Å². The molecule has 0 fully saturated rings. The van der Waals surface area contributed by atoms with Crippen LogP contribution >= 0.6 is 11.3 Å². The maximum Gasteiger partial charge on any atom is 0.433 e. The maximum atomic E-state index is 13.0. The number of aromatic amines is 1. The number of nitrogens with zero attached hydrogens (tertiary/aromatic N) is 4. The maximum absolute atomic E-state index is 13.0. The highest BCUT2D eigenvalue weighted by molar-refractivity contribution is 7.10. The van der Waals surface area contributed by atoms with Crippen molar-refractivity contribution in [3.63, 3.8) is 0 Å². The second kappa shape index (κ2) is 7.75. The fourth-order valence-corrected chi connectivity index (χ4v) is 5.14. The first-order valence-corrected chi connectivity index (χ1v) is 10.8. The molecule has 0 radical (unpaired) electrons. The molecule has 0 atom stereocenters. The molecule has 0 saturated carbocycles. The third-order valence-corrected chi connectivity index (χ3v) is 6.56. The van der Waals surface area contributed by atoms with E-state index in [9.17, 15) is 18.0 Å². The van der Waals surface area contributed by atoms with Crippen LogP contribution in [0.4, 0.5) is 19.0 Å². The van der Waals surface area contributed by atoms with E-state index in [1.165, 1.54) is 18.4 Å². The van der Waals surface area contributed by atoms with Crippen LogP contribution in [-0.2, 0) is 32.7 Å².